The van der Waals surface area contributed by atoms with E-state index in [4.69, 9.17) is 0 Å². The SMILES string of the molecule is CCC1CCCCN1C(=O)c1nc(C(=O)N(C)c2ccccc2)c2n1CCCC2. The lowest BCUT2D eigenvalue weighted by Crippen LogP contribution is -2.44. The Bertz CT molecular complexity index is 890. The maximum Gasteiger partial charge on any atom is 0.290 e. The number of carbonyl (C=O) groups is 2. The molecule has 1 atom stereocenters. The Labute approximate surface area is 172 Å². The number of amides is 2. The van der Waals surface area contributed by atoms with Crippen molar-refractivity contribution in [3.8, 4) is 0 Å². The van der Waals surface area contributed by atoms with Crippen molar-refractivity contribution in [2.45, 2.75) is 64.5 Å². The zero-order valence-corrected chi connectivity index (χ0v) is 17.4. The van der Waals surface area contributed by atoms with Crippen LogP contribution in [0.1, 0.15) is 72.3 Å². The molecule has 1 unspecified atom stereocenters. The van der Waals surface area contributed by atoms with Crippen molar-refractivity contribution in [1.29, 1.82) is 0 Å². The number of fused-ring (bicyclic) bond motifs is 1. The molecule has 2 aromatic rings. The van der Waals surface area contributed by atoms with E-state index >= 15 is 0 Å². The molecule has 1 fully saturated rings. The Morgan fingerprint density at radius 3 is 2.62 bits per heavy atom. The molecule has 1 saturated heterocycles. The number of nitrogens with zero attached hydrogens (tertiary/aromatic N) is 4. The van der Waals surface area contributed by atoms with E-state index in [2.05, 4.69) is 11.9 Å². The highest BCUT2D eigenvalue weighted by Gasteiger charge is 2.34. The van der Waals surface area contributed by atoms with Crippen LogP contribution in [0.2, 0.25) is 0 Å². The van der Waals surface area contributed by atoms with Crippen molar-refractivity contribution >= 4 is 17.5 Å². The second kappa shape index (κ2) is 8.39. The van der Waals surface area contributed by atoms with E-state index in [1.54, 1.807) is 11.9 Å². The molecule has 6 heteroatoms. The zero-order chi connectivity index (χ0) is 20.4. The molecule has 154 valence electrons. The number of carbonyl (C=O) groups excluding carboxylic acids is 2. The third kappa shape index (κ3) is 3.68. The molecule has 1 aromatic heterocycles. The molecule has 0 N–H and O–H groups in total. The number of likely N-dealkylation sites (tertiary alicyclic amines) is 1. The van der Waals surface area contributed by atoms with Gasteiger partial charge in [-0.15, -0.1) is 0 Å². The summed E-state index contributed by atoms with van der Waals surface area (Å²) in [5.74, 6) is 0.289. The fourth-order valence-corrected chi connectivity index (χ4v) is 4.63. The summed E-state index contributed by atoms with van der Waals surface area (Å²) in [5.41, 5.74) is 2.17. The van der Waals surface area contributed by atoms with E-state index < -0.39 is 0 Å². The fraction of sp³-hybridized carbons (Fsp3) is 0.522. The van der Waals surface area contributed by atoms with E-state index in [1.165, 1.54) is 6.42 Å². The molecule has 1 aromatic carbocycles. The third-order valence-corrected chi connectivity index (χ3v) is 6.32. The van der Waals surface area contributed by atoms with Crippen molar-refractivity contribution < 1.29 is 9.59 Å². The van der Waals surface area contributed by atoms with Gasteiger partial charge in [0.2, 0.25) is 0 Å². The number of rotatable bonds is 4. The molecule has 4 rings (SSSR count). The number of hydrogen-bond donors (Lipinski definition) is 0. The summed E-state index contributed by atoms with van der Waals surface area (Å²) in [6, 6.07) is 9.85. The first kappa shape index (κ1) is 19.7. The molecular weight excluding hydrogens is 364 g/mol. The fourth-order valence-electron chi connectivity index (χ4n) is 4.63. The van der Waals surface area contributed by atoms with Gasteiger partial charge in [-0.2, -0.15) is 0 Å². The molecule has 0 bridgehead atoms. The van der Waals surface area contributed by atoms with E-state index in [0.717, 1.165) is 63.0 Å². The number of benzene rings is 1. The van der Waals surface area contributed by atoms with Crippen LogP contribution in [0.5, 0.6) is 0 Å². The third-order valence-electron chi connectivity index (χ3n) is 6.32. The van der Waals surface area contributed by atoms with Gasteiger partial charge in [-0.1, -0.05) is 25.1 Å². The minimum Gasteiger partial charge on any atom is -0.333 e. The summed E-state index contributed by atoms with van der Waals surface area (Å²) < 4.78 is 2.01. The van der Waals surface area contributed by atoms with Gasteiger partial charge in [-0.25, -0.2) is 4.98 Å². The molecule has 0 saturated carbocycles. The van der Waals surface area contributed by atoms with Gasteiger partial charge in [0.15, 0.2) is 11.5 Å². The zero-order valence-electron chi connectivity index (χ0n) is 17.4. The van der Waals surface area contributed by atoms with Gasteiger partial charge in [0.05, 0.1) is 5.69 Å². The van der Waals surface area contributed by atoms with Gasteiger partial charge in [0.25, 0.3) is 11.8 Å². The molecule has 2 amide bonds. The number of anilines is 1. The second-order valence-electron chi connectivity index (χ2n) is 8.10. The van der Waals surface area contributed by atoms with Crippen LogP contribution in [-0.4, -0.2) is 45.9 Å². The van der Waals surface area contributed by atoms with Crippen molar-refractivity contribution in [2.75, 3.05) is 18.5 Å². The first-order valence-electron chi connectivity index (χ1n) is 10.8. The predicted octanol–water partition coefficient (Wildman–Crippen LogP) is 3.90. The predicted molar refractivity (Wildman–Crippen MR) is 113 cm³/mol. The van der Waals surface area contributed by atoms with E-state index in [0.29, 0.717) is 11.5 Å². The average Bonchev–Trinajstić information content (AvgIpc) is 3.18. The molecule has 6 nitrogen and oxygen atoms in total. The number of piperidine rings is 1. The summed E-state index contributed by atoms with van der Waals surface area (Å²) >= 11 is 0. The summed E-state index contributed by atoms with van der Waals surface area (Å²) in [6.45, 7) is 3.68. The Hall–Kier alpha value is -2.63. The van der Waals surface area contributed by atoms with Gasteiger partial charge in [-0.05, 0) is 57.1 Å². The minimum absolute atomic E-state index is 0.0129. The van der Waals surface area contributed by atoms with Crippen molar-refractivity contribution in [1.82, 2.24) is 14.5 Å². The number of hydrogen-bond acceptors (Lipinski definition) is 3. The second-order valence-corrected chi connectivity index (χ2v) is 8.10. The normalized spacial score (nSPS) is 19.0. The lowest BCUT2D eigenvalue weighted by Gasteiger charge is -2.35. The van der Waals surface area contributed by atoms with Crippen LogP contribution in [0.25, 0.3) is 0 Å². The molecule has 0 radical (unpaired) electrons. The van der Waals surface area contributed by atoms with Crippen LogP contribution < -0.4 is 4.90 Å². The molecule has 2 aliphatic rings. The first-order chi connectivity index (χ1) is 14.1. The van der Waals surface area contributed by atoms with Crippen LogP contribution in [0, 0.1) is 0 Å². The Balaban J connectivity index is 1.69. The molecule has 0 spiro atoms. The summed E-state index contributed by atoms with van der Waals surface area (Å²) in [7, 11) is 1.77. The van der Waals surface area contributed by atoms with Crippen molar-refractivity contribution in [3.63, 3.8) is 0 Å². The number of imidazole rings is 1. The average molecular weight is 395 g/mol. The van der Waals surface area contributed by atoms with E-state index in [9.17, 15) is 9.59 Å². The topological polar surface area (TPSA) is 58.4 Å². The highest BCUT2D eigenvalue weighted by Crippen LogP contribution is 2.27. The maximum absolute atomic E-state index is 13.4. The monoisotopic (exact) mass is 394 g/mol. The van der Waals surface area contributed by atoms with Gasteiger partial charge in [0, 0.05) is 31.9 Å². The quantitative estimate of drug-likeness (QED) is 0.790. The summed E-state index contributed by atoms with van der Waals surface area (Å²) in [6.07, 6.45) is 7.06. The number of para-hydroxylation sites is 1. The van der Waals surface area contributed by atoms with Crippen LogP contribution in [0.15, 0.2) is 30.3 Å². The molecule has 2 aliphatic heterocycles. The lowest BCUT2D eigenvalue weighted by molar-refractivity contribution is 0.0589. The van der Waals surface area contributed by atoms with Gasteiger partial charge in [-0.3, -0.25) is 9.59 Å². The van der Waals surface area contributed by atoms with E-state index in [-0.39, 0.29) is 17.9 Å². The molecule has 3 heterocycles. The molecular formula is C23H30N4O2. The highest BCUT2D eigenvalue weighted by atomic mass is 16.2. The van der Waals surface area contributed by atoms with Gasteiger partial charge < -0.3 is 14.4 Å². The Morgan fingerprint density at radius 2 is 1.86 bits per heavy atom. The first-order valence-corrected chi connectivity index (χ1v) is 10.8. The minimum atomic E-state index is -0.147. The number of aromatic nitrogens is 2. The van der Waals surface area contributed by atoms with Crippen LogP contribution >= 0.6 is 0 Å². The van der Waals surface area contributed by atoms with Gasteiger partial charge in [0.1, 0.15) is 0 Å². The standard InChI is InChI=1S/C23H30N4O2/c1-3-17-11-7-9-15-26(17)23(29)21-24-20(19-14-8-10-16-27(19)21)22(28)25(2)18-12-5-4-6-13-18/h4-6,12-13,17H,3,7-11,14-16H2,1-2H3. The van der Waals surface area contributed by atoms with Crippen LogP contribution in [0.4, 0.5) is 5.69 Å². The Kier molecular flexibility index (Phi) is 5.69. The Morgan fingerprint density at radius 1 is 1.10 bits per heavy atom. The lowest BCUT2D eigenvalue weighted by atomic mass is 10.00. The van der Waals surface area contributed by atoms with Crippen molar-refractivity contribution in [3.05, 3.63) is 47.5 Å². The van der Waals surface area contributed by atoms with Crippen molar-refractivity contribution in [2.24, 2.45) is 0 Å². The van der Waals surface area contributed by atoms with Crippen LogP contribution in [0.3, 0.4) is 0 Å². The summed E-state index contributed by atoms with van der Waals surface area (Å²) in [5, 5.41) is 0. The van der Waals surface area contributed by atoms with Gasteiger partial charge >= 0.3 is 0 Å². The van der Waals surface area contributed by atoms with E-state index in [1.807, 2.05) is 39.8 Å². The highest BCUT2D eigenvalue weighted by molar-refractivity contribution is 6.06. The molecule has 29 heavy (non-hydrogen) atoms. The maximum atomic E-state index is 13.4. The largest absolute Gasteiger partial charge is 0.333 e. The van der Waals surface area contributed by atoms with Crippen LogP contribution in [-0.2, 0) is 13.0 Å². The summed E-state index contributed by atoms with van der Waals surface area (Å²) in [4.78, 5) is 35.0. The molecule has 0 aliphatic carbocycles. The smallest absolute Gasteiger partial charge is 0.290 e.